The number of aryl methyl sites for hydroxylation is 1. The first-order chi connectivity index (χ1) is 12.9. The van der Waals surface area contributed by atoms with E-state index in [9.17, 15) is 13.6 Å². The fourth-order valence-electron chi connectivity index (χ4n) is 2.60. The molecular formula is C19H16F2N2O3S. The normalized spacial score (nSPS) is 15.4. The Hall–Kier alpha value is -3.00. The number of ether oxygens (including phenoxy) is 2. The minimum Gasteiger partial charge on any atom is -0.493 e. The zero-order valence-electron chi connectivity index (χ0n) is 14.5. The summed E-state index contributed by atoms with van der Waals surface area (Å²) in [5.74, 6) is -0.263. The second kappa shape index (κ2) is 7.71. The number of nitrogens with zero attached hydrogens (tertiary/aromatic N) is 1. The van der Waals surface area contributed by atoms with Crippen molar-refractivity contribution in [2.75, 3.05) is 12.0 Å². The number of methoxy groups -OCH3 is 1. The van der Waals surface area contributed by atoms with Crippen LogP contribution in [0.2, 0.25) is 0 Å². The van der Waals surface area contributed by atoms with Gasteiger partial charge in [0.25, 0.3) is 5.91 Å². The van der Waals surface area contributed by atoms with Crippen LogP contribution in [-0.2, 0) is 4.79 Å². The Balaban J connectivity index is 1.88. The molecule has 0 aliphatic carbocycles. The first kappa shape index (κ1) is 18.8. The summed E-state index contributed by atoms with van der Waals surface area (Å²) in [5, 5.41) is 3.14. The number of anilines is 1. The summed E-state index contributed by atoms with van der Waals surface area (Å²) >= 11 is 5.27. The smallest absolute Gasteiger partial charge is 0.387 e. The predicted octanol–water partition coefficient (Wildman–Crippen LogP) is 3.87. The van der Waals surface area contributed by atoms with Gasteiger partial charge in [-0.3, -0.25) is 9.69 Å². The number of amides is 1. The standard InChI is InChI=1S/C19H16F2N2O3S/c1-11-3-6-13(7-4-11)23-17(24)14(22-19(23)27)9-12-5-8-15(26-18(20)21)16(10-12)25-2/h3-10,18H,1-2H3,(H,22,27)/b14-9-. The summed E-state index contributed by atoms with van der Waals surface area (Å²) in [4.78, 5) is 14.1. The van der Waals surface area contributed by atoms with Gasteiger partial charge in [0.1, 0.15) is 5.70 Å². The highest BCUT2D eigenvalue weighted by Crippen LogP contribution is 2.31. The molecular weight excluding hydrogens is 374 g/mol. The van der Waals surface area contributed by atoms with Crippen LogP contribution in [0.3, 0.4) is 0 Å². The maximum atomic E-state index is 12.7. The Morgan fingerprint density at radius 2 is 1.85 bits per heavy atom. The maximum absolute atomic E-state index is 12.7. The highest BCUT2D eigenvalue weighted by molar-refractivity contribution is 7.80. The van der Waals surface area contributed by atoms with Crippen LogP contribution in [0.5, 0.6) is 11.5 Å². The second-order valence-electron chi connectivity index (χ2n) is 5.75. The third kappa shape index (κ3) is 4.06. The third-order valence-corrected chi connectivity index (χ3v) is 4.17. The fourth-order valence-corrected chi connectivity index (χ4v) is 2.90. The zero-order chi connectivity index (χ0) is 19.6. The molecule has 0 aromatic heterocycles. The van der Waals surface area contributed by atoms with Crippen LogP contribution in [-0.4, -0.2) is 24.7 Å². The summed E-state index contributed by atoms with van der Waals surface area (Å²) < 4.78 is 34.3. The van der Waals surface area contributed by atoms with Gasteiger partial charge in [0.2, 0.25) is 0 Å². The van der Waals surface area contributed by atoms with Gasteiger partial charge in [0.05, 0.1) is 12.8 Å². The number of carbonyl (C=O) groups excluding carboxylic acids is 1. The molecule has 1 aliphatic rings. The van der Waals surface area contributed by atoms with Crippen LogP contribution in [0.1, 0.15) is 11.1 Å². The molecule has 3 rings (SSSR count). The van der Waals surface area contributed by atoms with E-state index < -0.39 is 6.61 Å². The molecule has 0 unspecified atom stereocenters. The number of hydrogen-bond acceptors (Lipinski definition) is 4. The molecule has 0 bridgehead atoms. The lowest BCUT2D eigenvalue weighted by Gasteiger charge is -2.14. The lowest BCUT2D eigenvalue weighted by atomic mass is 10.1. The topological polar surface area (TPSA) is 50.8 Å². The number of thiocarbonyl (C=S) groups is 1. The van der Waals surface area contributed by atoms with E-state index in [-0.39, 0.29) is 28.2 Å². The molecule has 1 saturated heterocycles. The molecule has 1 N–H and O–H groups in total. The van der Waals surface area contributed by atoms with E-state index in [4.69, 9.17) is 17.0 Å². The number of alkyl halides is 2. The van der Waals surface area contributed by atoms with Crippen molar-refractivity contribution in [2.24, 2.45) is 0 Å². The van der Waals surface area contributed by atoms with Gasteiger partial charge in [-0.2, -0.15) is 8.78 Å². The van der Waals surface area contributed by atoms with Crippen LogP contribution < -0.4 is 19.7 Å². The molecule has 2 aromatic carbocycles. The molecule has 27 heavy (non-hydrogen) atoms. The Morgan fingerprint density at radius 3 is 2.48 bits per heavy atom. The lowest BCUT2D eigenvalue weighted by molar-refractivity contribution is -0.113. The first-order valence-corrected chi connectivity index (χ1v) is 8.36. The minimum atomic E-state index is -2.96. The average Bonchev–Trinajstić information content (AvgIpc) is 2.90. The van der Waals surface area contributed by atoms with Crippen LogP contribution in [0.25, 0.3) is 6.08 Å². The van der Waals surface area contributed by atoms with Crippen LogP contribution >= 0.6 is 12.2 Å². The van der Waals surface area contributed by atoms with Crippen molar-refractivity contribution in [2.45, 2.75) is 13.5 Å². The van der Waals surface area contributed by atoms with E-state index >= 15 is 0 Å². The van der Waals surface area contributed by atoms with Crippen molar-refractivity contribution in [1.82, 2.24) is 5.32 Å². The van der Waals surface area contributed by atoms with E-state index in [1.807, 2.05) is 31.2 Å². The minimum absolute atomic E-state index is 0.0860. The molecule has 1 heterocycles. The Morgan fingerprint density at radius 1 is 1.15 bits per heavy atom. The largest absolute Gasteiger partial charge is 0.493 e. The molecule has 140 valence electrons. The van der Waals surface area contributed by atoms with Crippen LogP contribution in [0, 0.1) is 6.92 Å². The maximum Gasteiger partial charge on any atom is 0.387 e. The van der Waals surface area contributed by atoms with Gasteiger partial charge in [-0.1, -0.05) is 23.8 Å². The molecule has 0 spiro atoms. The van der Waals surface area contributed by atoms with Crippen molar-refractivity contribution in [3.63, 3.8) is 0 Å². The van der Waals surface area contributed by atoms with Crippen molar-refractivity contribution < 1.29 is 23.0 Å². The molecule has 0 atom stereocenters. The number of hydrogen-bond donors (Lipinski definition) is 1. The van der Waals surface area contributed by atoms with Gasteiger partial charge >= 0.3 is 6.61 Å². The number of carbonyl (C=O) groups is 1. The first-order valence-electron chi connectivity index (χ1n) is 7.95. The summed E-state index contributed by atoms with van der Waals surface area (Å²) in [6, 6.07) is 11.8. The summed E-state index contributed by atoms with van der Waals surface area (Å²) in [7, 11) is 1.35. The van der Waals surface area contributed by atoms with Crippen molar-refractivity contribution in [1.29, 1.82) is 0 Å². The van der Waals surface area contributed by atoms with Crippen LogP contribution in [0.15, 0.2) is 48.2 Å². The van der Waals surface area contributed by atoms with Gasteiger partial charge in [0.15, 0.2) is 16.6 Å². The SMILES string of the molecule is COc1cc(/C=C2\NC(=S)N(c3ccc(C)cc3)C2=O)ccc1OC(F)F. The fraction of sp³-hybridized carbons (Fsp3) is 0.158. The van der Waals surface area contributed by atoms with Crippen molar-refractivity contribution >= 4 is 35.0 Å². The highest BCUT2D eigenvalue weighted by atomic mass is 32.1. The monoisotopic (exact) mass is 390 g/mol. The zero-order valence-corrected chi connectivity index (χ0v) is 15.3. The van der Waals surface area contributed by atoms with Crippen LogP contribution in [0.4, 0.5) is 14.5 Å². The van der Waals surface area contributed by atoms with Crippen molar-refractivity contribution in [3.05, 3.63) is 59.3 Å². The predicted molar refractivity (Wildman–Crippen MR) is 102 cm³/mol. The quantitative estimate of drug-likeness (QED) is 0.621. The Bertz CT molecular complexity index is 914. The summed E-state index contributed by atoms with van der Waals surface area (Å²) in [5.41, 5.74) is 2.56. The number of rotatable bonds is 5. The number of benzene rings is 2. The van der Waals surface area contributed by atoms with Gasteiger partial charge < -0.3 is 14.8 Å². The highest BCUT2D eigenvalue weighted by Gasteiger charge is 2.31. The molecule has 1 aliphatic heterocycles. The summed E-state index contributed by atoms with van der Waals surface area (Å²) in [6.07, 6.45) is 1.57. The van der Waals surface area contributed by atoms with E-state index in [1.165, 1.54) is 24.1 Å². The third-order valence-electron chi connectivity index (χ3n) is 3.89. The molecule has 1 fully saturated rings. The van der Waals surface area contributed by atoms with E-state index in [2.05, 4.69) is 10.1 Å². The molecule has 0 saturated carbocycles. The Kier molecular flexibility index (Phi) is 5.36. The van der Waals surface area contributed by atoms with Gasteiger partial charge in [-0.15, -0.1) is 0 Å². The number of nitrogens with one attached hydrogen (secondary N) is 1. The van der Waals surface area contributed by atoms with Crippen molar-refractivity contribution in [3.8, 4) is 11.5 Å². The molecule has 8 heteroatoms. The molecule has 5 nitrogen and oxygen atoms in total. The molecule has 0 radical (unpaired) electrons. The number of halogens is 2. The molecule has 1 amide bonds. The van der Waals surface area contributed by atoms with Gasteiger partial charge in [-0.05, 0) is 55.0 Å². The second-order valence-corrected chi connectivity index (χ2v) is 6.14. The van der Waals surface area contributed by atoms with E-state index in [0.717, 1.165) is 5.56 Å². The lowest BCUT2D eigenvalue weighted by Crippen LogP contribution is -2.30. The summed E-state index contributed by atoms with van der Waals surface area (Å²) in [6.45, 7) is -1.01. The van der Waals surface area contributed by atoms with Gasteiger partial charge in [-0.25, -0.2) is 0 Å². The van der Waals surface area contributed by atoms with E-state index in [0.29, 0.717) is 11.3 Å². The van der Waals surface area contributed by atoms with E-state index in [1.54, 1.807) is 12.1 Å². The Labute approximate surface area is 160 Å². The molecule has 2 aromatic rings. The average molecular weight is 390 g/mol. The van der Waals surface area contributed by atoms with Gasteiger partial charge in [0, 0.05) is 0 Å².